The second kappa shape index (κ2) is 8.48. The van der Waals surface area contributed by atoms with Crippen molar-refractivity contribution in [3.63, 3.8) is 0 Å². The molecule has 3 rings (SSSR count). The Hall–Kier alpha value is -1.80. The smallest absolute Gasteiger partial charge is 0.262 e. The summed E-state index contributed by atoms with van der Waals surface area (Å²) < 4.78 is 32.6. The van der Waals surface area contributed by atoms with Crippen LogP contribution in [0, 0.1) is 0 Å². The molecule has 1 aliphatic rings. The number of anilines is 1. The minimum atomic E-state index is -3.73. The molecule has 2 aromatic rings. The molecule has 0 atom stereocenters. The summed E-state index contributed by atoms with van der Waals surface area (Å²) in [7, 11) is -3.73. The summed E-state index contributed by atoms with van der Waals surface area (Å²) >= 11 is 12.0. The van der Waals surface area contributed by atoms with Gasteiger partial charge in [0.1, 0.15) is 10.6 Å². The highest BCUT2D eigenvalue weighted by Gasteiger charge is 2.30. The molecule has 0 spiro atoms. The molecule has 0 aliphatic carbocycles. The number of sulfonamides is 1. The number of nitrogens with one attached hydrogen (secondary N) is 1. The first-order valence-corrected chi connectivity index (χ1v) is 10.5. The summed E-state index contributed by atoms with van der Waals surface area (Å²) in [5.41, 5.74) is 0.453. The van der Waals surface area contributed by atoms with E-state index < -0.39 is 15.9 Å². The van der Waals surface area contributed by atoms with Crippen molar-refractivity contribution in [1.82, 2.24) is 4.31 Å². The van der Waals surface area contributed by atoms with Gasteiger partial charge >= 0.3 is 0 Å². The highest BCUT2D eigenvalue weighted by atomic mass is 35.5. The van der Waals surface area contributed by atoms with Crippen LogP contribution in [0.3, 0.4) is 0 Å². The maximum atomic E-state index is 12.9. The third-order valence-electron chi connectivity index (χ3n) is 4.10. The van der Waals surface area contributed by atoms with E-state index in [4.69, 9.17) is 27.9 Å². The van der Waals surface area contributed by atoms with Gasteiger partial charge in [-0.05, 0) is 43.2 Å². The lowest BCUT2D eigenvalue weighted by Crippen LogP contribution is -2.28. The Labute approximate surface area is 168 Å². The van der Waals surface area contributed by atoms with E-state index in [1.807, 2.05) is 0 Å². The lowest BCUT2D eigenvalue weighted by atomic mass is 10.3. The largest absolute Gasteiger partial charge is 0.482 e. The van der Waals surface area contributed by atoms with Crippen molar-refractivity contribution in [2.75, 3.05) is 25.0 Å². The SMILES string of the molecule is O=C(COc1ccc(Cl)cc1S(=O)(=O)N1CCCC1)Nc1ccccc1Cl. The van der Waals surface area contributed by atoms with Crippen LogP contribution in [0.1, 0.15) is 12.8 Å². The van der Waals surface area contributed by atoms with Gasteiger partial charge in [-0.2, -0.15) is 4.31 Å². The molecule has 0 radical (unpaired) electrons. The quantitative estimate of drug-likeness (QED) is 0.758. The first-order valence-electron chi connectivity index (χ1n) is 8.35. The molecule has 1 heterocycles. The average Bonchev–Trinajstić information content (AvgIpc) is 3.18. The zero-order chi connectivity index (χ0) is 19.4. The molecule has 9 heteroatoms. The van der Waals surface area contributed by atoms with Crippen molar-refractivity contribution < 1.29 is 17.9 Å². The van der Waals surface area contributed by atoms with Gasteiger partial charge in [-0.15, -0.1) is 0 Å². The number of nitrogens with zero attached hydrogens (tertiary/aromatic N) is 1. The number of hydrogen-bond donors (Lipinski definition) is 1. The molecule has 6 nitrogen and oxygen atoms in total. The first-order chi connectivity index (χ1) is 12.9. The molecule has 0 unspecified atom stereocenters. The zero-order valence-electron chi connectivity index (χ0n) is 14.3. The fraction of sp³-hybridized carbons (Fsp3) is 0.278. The number of para-hydroxylation sites is 1. The highest BCUT2D eigenvalue weighted by Crippen LogP contribution is 2.31. The Morgan fingerprint density at radius 2 is 1.81 bits per heavy atom. The summed E-state index contributed by atoms with van der Waals surface area (Å²) in [5, 5.41) is 3.30. The molecular weight excluding hydrogens is 411 g/mol. The average molecular weight is 429 g/mol. The van der Waals surface area contributed by atoms with Crippen LogP contribution in [-0.4, -0.2) is 38.3 Å². The van der Waals surface area contributed by atoms with Crippen LogP contribution in [0.2, 0.25) is 10.0 Å². The van der Waals surface area contributed by atoms with Crippen LogP contribution < -0.4 is 10.1 Å². The maximum absolute atomic E-state index is 12.9. The number of ether oxygens (including phenoxy) is 1. The predicted molar refractivity (Wildman–Crippen MR) is 105 cm³/mol. The molecule has 1 saturated heterocycles. The minimum absolute atomic E-state index is 0.0394. The van der Waals surface area contributed by atoms with E-state index in [0.29, 0.717) is 23.8 Å². The van der Waals surface area contributed by atoms with Gasteiger partial charge in [-0.25, -0.2) is 8.42 Å². The Morgan fingerprint density at radius 3 is 2.52 bits per heavy atom. The molecule has 1 aliphatic heterocycles. The van der Waals surface area contributed by atoms with E-state index in [1.165, 1.54) is 22.5 Å². The third kappa shape index (κ3) is 4.73. The summed E-state index contributed by atoms with van der Waals surface area (Å²) in [6.45, 7) is 0.554. The molecule has 144 valence electrons. The highest BCUT2D eigenvalue weighted by molar-refractivity contribution is 7.89. The number of carbonyl (C=O) groups is 1. The Balaban J connectivity index is 1.75. The monoisotopic (exact) mass is 428 g/mol. The van der Waals surface area contributed by atoms with Crippen LogP contribution in [-0.2, 0) is 14.8 Å². The van der Waals surface area contributed by atoms with E-state index in [9.17, 15) is 13.2 Å². The van der Waals surface area contributed by atoms with Gasteiger partial charge in [0.15, 0.2) is 6.61 Å². The van der Waals surface area contributed by atoms with Crippen LogP contribution in [0.5, 0.6) is 5.75 Å². The number of benzene rings is 2. The molecular formula is C18H18Cl2N2O4S. The van der Waals surface area contributed by atoms with Crippen LogP contribution in [0.25, 0.3) is 0 Å². The Kier molecular flexibility index (Phi) is 6.26. The second-order valence-electron chi connectivity index (χ2n) is 6.02. The van der Waals surface area contributed by atoms with Crippen LogP contribution in [0.4, 0.5) is 5.69 Å². The van der Waals surface area contributed by atoms with Crippen molar-refractivity contribution >= 4 is 44.8 Å². The number of carbonyl (C=O) groups excluding carboxylic acids is 1. The van der Waals surface area contributed by atoms with Crippen molar-refractivity contribution in [3.05, 3.63) is 52.5 Å². The van der Waals surface area contributed by atoms with Gasteiger partial charge in [-0.3, -0.25) is 4.79 Å². The summed E-state index contributed by atoms with van der Waals surface area (Å²) in [5.74, 6) is -0.372. The van der Waals surface area contributed by atoms with Crippen molar-refractivity contribution in [2.24, 2.45) is 0 Å². The van der Waals surface area contributed by atoms with E-state index in [2.05, 4.69) is 5.32 Å². The minimum Gasteiger partial charge on any atom is -0.482 e. The van der Waals surface area contributed by atoms with Crippen molar-refractivity contribution in [1.29, 1.82) is 0 Å². The van der Waals surface area contributed by atoms with E-state index in [0.717, 1.165) is 12.8 Å². The third-order valence-corrected chi connectivity index (χ3v) is 6.58. The fourth-order valence-corrected chi connectivity index (χ4v) is 4.86. The standard InChI is InChI=1S/C18H18Cl2N2O4S/c19-13-7-8-16(17(11-13)27(24,25)22-9-3-4-10-22)26-12-18(23)21-15-6-2-1-5-14(15)20/h1-2,5-8,11H,3-4,9-10,12H2,(H,21,23). The molecule has 0 bridgehead atoms. The Morgan fingerprint density at radius 1 is 1.11 bits per heavy atom. The van der Waals surface area contributed by atoms with Gasteiger partial charge in [0.2, 0.25) is 10.0 Å². The fourth-order valence-electron chi connectivity index (χ4n) is 2.76. The molecule has 0 aromatic heterocycles. The van der Waals surface area contributed by atoms with Gasteiger partial charge in [0.05, 0.1) is 10.7 Å². The maximum Gasteiger partial charge on any atom is 0.262 e. The van der Waals surface area contributed by atoms with Gasteiger partial charge in [-0.1, -0.05) is 35.3 Å². The molecule has 1 N–H and O–H groups in total. The number of hydrogen-bond acceptors (Lipinski definition) is 4. The lowest BCUT2D eigenvalue weighted by molar-refractivity contribution is -0.118. The summed E-state index contributed by atoms with van der Waals surface area (Å²) in [6.07, 6.45) is 1.63. The van der Waals surface area contributed by atoms with Gasteiger partial charge in [0.25, 0.3) is 5.91 Å². The molecule has 0 saturated carbocycles. The van der Waals surface area contributed by atoms with Gasteiger partial charge < -0.3 is 10.1 Å². The number of amides is 1. The normalized spacial score (nSPS) is 14.9. The van der Waals surface area contributed by atoms with E-state index in [-0.39, 0.29) is 22.3 Å². The summed E-state index contributed by atoms with van der Waals surface area (Å²) in [4.78, 5) is 12.1. The molecule has 27 heavy (non-hydrogen) atoms. The molecule has 1 fully saturated rings. The zero-order valence-corrected chi connectivity index (χ0v) is 16.6. The van der Waals surface area contributed by atoms with Gasteiger partial charge in [0, 0.05) is 18.1 Å². The van der Waals surface area contributed by atoms with Crippen molar-refractivity contribution in [3.8, 4) is 5.75 Å². The lowest BCUT2D eigenvalue weighted by Gasteiger charge is -2.18. The summed E-state index contributed by atoms with van der Waals surface area (Å²) in [6, 6.07) is 11.1. The molecule has 2 aromatic carbocycles. The van der Waals surface area contributed by atoms with Crippen LogP contribution >= 0.6 is 23.2 Å². The predicted octanol–water partition coefficient (Wildman–Crippen LogP) is 3.80. The number of halogens is 2. The van der Waals surface area contributed by atoms with Crippen molar-refractivity contribution in [2.45, 2.75) is 17.7 Å². The van der Waals surface area contributed by atoms with Crippen LogP contribution in [0.15, 0.2) is 47.4 Å². The topological polar surface area (TPSA) is 75.7 Å². The molecule has 1 amide bonds. The second-order valence-corrected chi connectivity index (χ2v) is 8.77. The van der Waals surface area contributed by atoms with E-state index in [1.54, 1.807) is 24.3 Å². The number of rotatable bonds is 6. The van der Waals surface area contributed by atoms with E-state index >= 15 is 0 Å². The Bertz CT molecular complexity index is 944. The first kappa shape index (κ1) is 19.9.